The first-order chi connectivity index (χ1) is 13.2. The molecular weight excluding hydrogens is 334 g/mol. The van der Waals surface area contributed by atoms with Crippen LogP contribution in [0.25, 0.3) is 33.4 Å². The van der Waals surface area contributed by atoms with E-state index in [1.54, 1.807) is 24.3 Å². The van der Waals surface area contributed by atoms with Crippen LogP contribution in [0, 0.1) is 0 Å². The van der Waals surface area contributed by atoms with Gasteiger partial charge in [-0.05, 0) is 29.3 Å². The average molecular weight is 353 g/mol. The number of para-hydroxylation sites is 3. The number of nitrogens with two attached hydrogens (primary N) is 1. The molecule has 4 N–H and O–H groups in total. The molecule has 0 aliphatic heterocycles. The number of phenolic OH excluding ortho intramolecular Hbond substituents is 2. The lowest BCUT2D eigenvalue weighted by Crippen LogP contribution is -1.94. The maximum atomic E-state index is 10.6. The fraction of sp³-hybridized carbons (Fsp3) is 0. The number of anilines is 1. The number of hydrogen-bond acceptors (Lipinski definition) is 3. The van der Waals surface area contributed by atoms with E-state index in [9.17, 15) is 10.2 Å². The van der Waals surface area contributed by atoms with E-state index in [1.807, 2.05) is 66.7 Å². The largest absolute Gasteiger partial charge is 0.507 e. The van der Waals surface area contributed by atoms with Gasteiger partial charge in [-0.3, -0.25) is 0 Å². The topological polar surface area (TPSA) is 66.5 Å². The van der Waals surface area contributed by atoms with Crippen LogP contribution in [0.3, 0.4) is 0 Å². The molecule has 0 heterocycles. The molecule has 0 saturated heterocycles. The van der Waals surface area contributed by atoms with Crippen molar-refractivity contribution in [3.05, 3.63) is 91.0 Å². The molecule has 0 fully saturated rings. The van der Waals surface area contributed by atoms with Crippen molar-refractivity contribution in [3.63, 3.8) is 0 Å². The second-order valence-electron chi connectivity index (χ2n) is 6.35. The number of phenols is 2. The van der Waals surface area contributed by atoms with Crippen LogP contribution in [0.15, 0.2) is 91.0 Å². The summed E-state index contributed by atoms with van der Waals surface area (Å²) in [5.74, 6) is 0.364. The van der Waals surface area contributed by atoms with Gasteiger partial charge >= 0.3 is 0 Å². The van der Waals surface area contributed by atoms with Crippen LogP contribution in [0.4, 0.5) is 5.69 Å². The highest BCUT2D eigenvalue weighted by atomic mass is 16.3. The van der Waals surface area contributed by atoms with Crippen LogP contribution < -0.4 is 5.73 Å². The number of nitrogen functional groups attached to an aromatic ring is 1. The standard InChI is InChI=1S/C24H19NO2/c25-21-13-4-1-8-16(21)18-11-7-12-19(17-9-2-5-14-22(17)26)24(18)20-10-3-6-15-23(20)27/h1-15,26-27H,25H2. The normalized spacial score (nSPS) is 10.7. The summed E-state index contributed by atoms with van der Waals surface area (Å²) in [6, 6.07) is 27.9. The van der Waals surface area contributed by atoms with Crippen LogP contribution in [-0.4, -0.2) is 10.2 Å². The predicted molar refractivity (Wildman–Crippen MR) is 110 cm³/mol. The zero-order chi connectivity index (χ0) is 18.8. The average Bonchev–Trinajstić information content (AvgIpc) is 2.69. The Morgan fingerprint density at radius 2 is 0.889 bits per heavy atom. The van der Waals surface area contributed by atoms with Gasteiger partial charge in [-0.15, -0.1) is 0 Å². The summed E-state index contributed by atoms with van der Waals surface area (Å²) in [5, 5.41) is 21.0. The zero-order valence-corrected chi connectivity index (χ0v) is 14.6. The Kier molecular flexibility index (Phi) is 4.27. The second kappa shape index (κ2) is 6.89. The first kappa shape index (κ1) is 16.7. The third-order valence-electron chi connectivity index (χ3n) is 4.68. The smallest absolute Gasteiger partial charge is 0.123 e. The first-order valence-corrected chi connectivity index (χ1v) is 8.71. The highest BCUT2D eigenvalue weighted by Gasteiger charge is 2.18. The third-order valence-corrected chi connectivity index (χ3v) is 4.68. The summed E-state index contributed by atoms with van der Waals surface area (Å²) in [7, 11) is 0. The van der Waals surface area contributed by atoms with Crippen molar-refractivity contribution in [3.8, 4) is 44.9 Å². The lowest BCUT2D eigenvalue weighted by Gasteiger charge is -2.18. The molecule has 0 aliphatic rings. The van der Waals surface area contributed by atoms with E-state index in [0.29, 0.717) is 16.8 Å². The Labute approximate surface area is 158 Å². The molecule has 4 aromatic rings. The summed E-state index contributed by atoms with van der Waals surface area (Å²) < 4.78 is 0. The van der Waals surface area contributed by atoms with E-state index in [-0.39, 0.29) is 11.5 Å². The molecule has 132 valence electrons. The molecule has 3 nitrogen and oxygen atoms in total. The van der Waals surface area contributed by atoms with Crippen LogP contribution >= 0.6 is 0 Å². The minimum Gasteiger partial charge on any atom is -0.507 e. The van der Waals surface area contributed by atoms with Crippen molar-refractivity contribution < 1.29 is 10.2 Å². The number of aromatic hydroxyl groups is 2. The van der Waals surface area contributed by atoms with Crippen LogP contribution in [-0.2, 0) is 0 Å². The maximum absolute atomic E-state index is 10.6. The highest BCUT2D eigenvalue weighted by molar-refractivity contribution is 5.99. The lowest BCUT2D eigenvalue weighted by molar-refractivity contribution is 0.476. The first-order valence-electron chi connectivity index (χ1n) is 8.71. The Hall–Kier alpha value is -3.72. The van der Waals surface area contributed by atoms with Crippen molar-refractivity contribution in [2.24, 2.45) is 0 Å². The predicted octanol–water partition coefficient (Wildman–Crippen LogP) is 5.68. The van der Waals surface area contributed by atoms with E-state index in [0.717, 1.165) is 22.3 Å². The van der Waals surface area contributed by atoms with Gasteiger partial charge in [0.05, 0.1) is 0 Å². The molecular formula is C24H19NO2. The Bertz CT molecular complexity index is 1050. The summed E-state index contributed by atoms with van der Waals surface area (Å²) in [6.45, 7) is 0. The minimum absolute atomic E-state index is 0.177. The Balaban J connectivity index is 2.10. The van der Waals surface area contributed by atoms with Gasteiger partial charge in [-0.25, -0.2) is 0 Å². The van der Waals surface area contributed by atoms with Gasteiger partial charge in [0.1, 0.15) is 11.5 Å². The monoisotopic (exact) mass is 353 g/mol. The summed E-state index contributed by atoms with van der Waals surface area (Å²) in [4.78, 5) is 0. The molecule has 0 amide bonds. The van der Waals surface area contributed by atoms with Gasteiger partial charge in [-0.1, -0.05) is 72.8 Å². The molecule has 0 unspecified atom stereocenters. The molecule has 4 rings (SSSR count). The van der Waals surface area contributed by atoms with Gasteiger partial charge in [-0.2, -0.15) is 0 Å². The fourth-order valence-electron chi connectivity index (χ4n) is 3.42. The minimum atomic E-state index is 0.177. The lowest BCUT2D eigenvalue weighted by atomic mass is 9.86. The Morgan fingerprint density at radius 1 is 0.444 bits per heavy atom. The molecule has 4 aromatic carbocycles. The van der Waals surface area contributed by atoms with Crippen LogP contribution in [0.1, 0.15) is 0 Å². The van der Waals surface area contributed by atoms with Gasteiger partial charge < -0.3 is 15.9 Å². The van der Waals surface area contributed by atoms with Gasteiger partial charge in [0.2, 0.25) is 0 Å². The molecule has 0 radical (unpaired) electrons. The molecule has 0 aliphatic carbocycles. The van der Waals surface area contributed by atoms with E-state index in [1.165, 1.54) is 0 Å². The fourth-order valence-corrected chi connectivity index (χ4v) is 3.42. The number of hydrogen-bond donors (Lipinski definition) is 3. The highest BCUT2D eigenvalue weighted by Crippen LogP contribution is 2.45. The van der Waals surface area contributed by atoms with Crippen molar-refractivity contribution in [2.75, 3.05) is 5.73 Å². The van der Waals surface area contributed by atoms with E-state index in [4.69, 9.17) is 5.73 Å². The number of benzene rings is 4. The summed E-state index contributed by atoms with van der Waals surface area (Å²) in [6.07, 6.45) is 0. The Morgan fingerprint density at radius 3 is 1.48 bits per heavy atom. The number of rotatable bonds is 3. The molecule has 0 spiro atoms. The van der Waals surface area contributed by atoms with Crippen LogP contribution in [0.5, 0.6) is 11.5 Å². The van der Waals surface area contributed by atoms with Gasteiger partial charge in [0, 0.05) is 27.9 Å². The van der Waals surface area contributed by atoms with E-state index >= 15 is 0 Å². The SMILES string of the molecule is Nc1ccccc1-c1cccc(-c2ccccc2O)c1-c1ccccc1O. The van der Waals surface area contributed by atoms with Gasteiger partial charge in [0.25, 0.3) is 0 Å². The molecule has 3 heteroatoms. The van der Waals surface area contributed by atoms with E-state index < -0.39 is 0 Å². The molecule has 0 bridgehead atoms. The third kappa shape index (κ3) is 3.00. The molecule has 27 heavy (non-hydrogen) atoms. The van der Waals surface area contributed by atoms with Crippen molar-refractivity contribution in [2.45, 2.75) is 0 Å². The summed E-state index contributed by atoms with van der Waals surface area (Å²) >= 11 is 0. The van der Waals surface area contributed by atoms with E-state index in [2.05, 4.69) is 0 Å². The second-order valence-corrected chi connectivity index (χ2v) is 6.35. The van der Waals surface area contributed by atoms with Crippen molar-refractivity contribution >= 4 is 5.69 Å². The van der Waals surface area contributed by atoms with Gasteiger partial charge in [0.15, 0.2) is 0 Å². The molecule has 0 atom stereocenters. The van der Waals surface area contributed by atoms with Crippen LogP contribution in [0.2, 0.25) is 0 Å². The molecule has 0 saturated carbocycles. The van der Waals surface area contributed by atoms with Crippen molar-refractivity contribution in [1.82, 2.24) is 0 Å². The zero-order valence-electron chi connectivity index (χ0n) is 14.6. The quantitative estimate of drug-likeness (QED) is 0.415. The van der Waals surface area contributed by atoms with Crippen molar-refractivity contribution in [1.29, 1.82) is 0 Å². The maximum Gasteiger partial charge on any atom is 0.123 e. The summed E-state index contributed by atoms with van der Waals surface area (Å²) in [5.41, 5.74) is 11.7. The molecule has 0 aromatic heterocycles.